The third-order valence-electron chi connectivity index (χ3n) is 3.48. The van der Waals surface area contributed by atoms with Gasteiger partial charge in [0.2, 0.25) is 5.91 Å². The normalized spacial score (nSPS) is 16.7. The lowest BCUT2D eigenvalue weighted by Gasteiger charge is -2.31. The van der Waals surface area contributed by atoms with Gasteiger partial charge in [-0.05, 0) is 47.0 Å². The Kier molecular flexibility index (Phi) is 5.30. The van der Waals surface area contributed by atoms with Crippen molar-refractivity contribution in [3.8, 4) is 0 Å². The molecule has 0 aromatic heterocycles. The zero-order valence-electron chi connectivity index (χ0n) is 11.4. The minimum atomic E-state index is -0.397. The highest BCUT2D eigenvalue weighted by atomic mass is 79.9. The fourth-order valence-electron chi connectivity index (χ4n) is 2.36. The zero-order valence-corrected chi connectivity index (χ0v) is 13.0. The molecular formula is C14H17BrFN3O2. The largest absolute Gasteiger partial charge is 0.369 e. The Morgan fingerprint density at radius 3 is 2.62 bits per heavy atom. The van der Waals surface area contributed by atoms with E-state index in [-0.39, 0.29) is 28.9 Å². The van der Waals surface area contributed by atoms with Gasteiger partial charge in [-0.1, -0.05) is 0 Å². The molecule has 5 nitrogen and oxygen atoms in total. The molecule has 3 N–H and O–H groups in total. The number of rotatable bonds is 4. The van der Waals surface area contributed by atoms with Crippen molar-refractivity contribution in [3.05, 3.63) is 34.1 Å². The van der Waals surface area contributed by atoms with Crippen LogP contribution in [0, 0.1) is 5.82 Å². The van der Waals surface area contributed by atoms with Crippen molar-refractivity contribution in [2.45, 2.75) is 18.9 Å². The van der Waals surface area contributed by atoms with Crippen LogP contribution in [0.25, 0.3) is 0 Å². The van der Waals surface area contributed by atoms with Crippen molar-refractivity contribution >= 4 is 27.7 Å². The van der Waals surface area contributed by atoms with Crippen LogP contribution < -0.4 is 11.1 Å². The Bertz CT molecular complexity index is 545. The van der Waals surface area contributed by atoms with Crippen LogP contribution in [0.3, 0.4) is 0 Å². The van der Waals surface area contributed by atoms with Gasteiger partial charge in [0, 0.05) is 24.7 Å². The molecule has 1 saturated heterocycles. The summed E-state index contributed by atoms with van der Waals surface area (Å²) in [6, 6.07) is 4.24. The van der Waals surface area contributed by atoms with Gasteiger partial charge in [-0.2, -0.15) is 0 Å². The molecule has 2 amide bonds. The van der Waals surface area contributed by atoms with Crippen molar-refractivity contribution in [2.24, 2.45) is 5.73 Å². The van der Waals surface area contributed by atoms with E-state index in [2.05, 4.69) is 21.2 Å². The molecule has 0 bridgehead atoms. The Hall–Kier alpha value is -1.47. The maximum Gasteiger partial charge on any atom is 0.251 e. The van der Waals surface area contributed by atoms with E-state index < -0.39 is 5.82 Å². The number of nitrogens with zero attached hydrogens (tertiary/aromatic N) is 1. The van der Waals surface area contributed by atoms with E-state index in [0.717, 1.165) is 25.9 Å². The highest BCUT2D eigenvalue weighted by Gasteiger charge is 2.22. The highest BCUT2D eigenvalue weighted by Crippen LogP contribution is 2.17. The molecule has 114 valence electrons. The summed E-state index contributed by atoms with van der Waals surface area (Å²) in [6.07, 6.45) is 1.53. The second-order valence-electron chi connectivity index (χ2n) is 5.12. The number of benzene rings is 1. The van der Waals surface area contributed by atoms with Gasteiger partial charge in [-0.3, -0.25) is 14.5 Å². The number of amides is 2. The van der Waals surface area contributed by atoms with Gasteiger partial charge in [-0.15, -0.1) is 0 Å². The molecule has 0 radical (unpaired) electrons. The molecule has 7 heteroatoms. The summed E-state index contributed by atoms with van der Waals surface area (Å²) in [6.45, 7) is 1.70. The van der Waals surface area contributed by atoms with Gasteiger partial charge < -0.3 is 11.1 Å². The highest BCUT2D eigenvalue weighted by molar-refractivity contribution is 9.10. The quantitative estimate of drug-likeness (QED) is 0.851. The van der Waals surface area contributed by atoms with Gasteiger partial charge >= 0.3 is 0 Å². The Morgan fingerprint density at radius 1 is 1.38 bits per heavy atom. The molecule has 1 aromatic rings. The average molecular weight is 358 g/mol. The third kappa shape index (κ3) is 4.50. The van der Waals surface area contributed by atoms with Crippen LogP contribution in [-0.2, 0) is 4.79 Å². The van der Waals surface area contributed by atoms with Crippen molar-refractivity contribution in [2.75, 3.05) is 19.6 Å². The standard InChI is InChI=1S/C14H17BrFN3O2/c15-11-7-9(1-2-12(11)16)14(21)18-10-3-5-19(6-4-10)8-13(17)20/h1-2,7,10H,3-6,8H2,(H2,17,20)(H,18,21). The number of hydrogen-bond acceptors (Lipinski definition) is 3. The third-order valence-corrected chi connectivity index (χ3v) is 4.09. The lowest BCUT2D eigenvalue weighted by atomic mass is 10.0. The first-order chi connectivity index (χ1) is 9.95. The molecule has 0 spiro atoms. The first-order valence-corrected chi connectivity index (χ1v) is 7.51. The molecule has 0 unspecified atom stereocenters. The summed E-state index contributed by atoms with van der Waals surface area (Å²) in [5, 5.41) is 2.93. The monoisotopic (exact) mass is 357 g/mol. The number of nitrogens with two attached hydrogens (primary N) is 1. The number of carbonyl (C=O) groups is 2. The van der Waals surface area contributed by atoms with E-state index in [1.54, 1.807) is 0 Å². The van der Waals surface area contributed by atoms with Gasteiger partial charge in [0.1, 0.15) is 5.82 Å². The lowest BCUT2D eigenvalue weighted by molar-refractivity contribution is -0.119. The molecule has 1 heterocycles. The van der Waals surface area contributed by atoms with E-state index in [1.165, 1.54) is 18.2 Å². The molecule has 1 fully saturated rings. The Labute approximate surface area is 130 Å². The summed E-state index contributed by atoms with van der Waals surface area (Å²) in [7, 11) is 0. The molecule has 21 heavy (non-hydrogen) atoms. The average Bonchev–Trinajstić information content (AvgIpc) is 2.43. The number of nitrogens with one attached hydrogen (secondary N) is 1. The predicted molar refractivity (Wildman–Crippen MR) is 80.2 cm³/mol. The van der Waals surface area contributed by atoms with E-state index in [1.807, 2.05) is 4.90 Å². The SMILES string of the molecule is NC(=O)CN1CCC(NC(=O)c2ccc(F)c(Br)c2)CC1. The fourth-order valence-corrected chi connectivity index (χ4v) is 2.74. The van der Waals surface area contributed by atoms with Crippen molar-refractivity contribution in [3.63, 3.8) is 0 Å². The Morgan fingerprint density at radius 2 is 2.05 bits per heavy atom. The van der Waals surface area contributed by atoms with Gasteiger partial charge in [0.15, 0.2) is 0 Å². The molecule has 0 atom stereocenters. The van der Waals surface area contributed by atoms with Crippen LogP contribution in [-0.4, -0.2) is 42.4 Å². The topological polar surface area (TPSA) is 75.4 Å². The van der Waals surface area contributed by atoms with E-state index in [4.69, 9.17) is 5.73 Å². The summed E-state index contributed by atoms with van der Waals surface area (Å²) in [5.41, 5.74) is 5.57. The second-order valence-corrected chi connectivity index (χ2v) is 5.97. The van der Waals surface area contributed by atoms with Crippen molar-refractivity contribution in [1.29, 1.82) is 0 Å². The second kappa shape index (κ2) is 7.00. The van der Waals surface area contributed by atoms with Crippen LogP contribution in [0.15, 0.2) is 22.7 Å². The number of primary amides is 1. The summed E-state index contributed by atoms with van der Waals surface area (Å²) in [5.74, 6) is -0.955. The molecule has 0 saturated carbocycles. The van der Waals surface area contributed by atoms with Crippen LogP contribution in [0.2, 0.25) is 0 Å². The Balaban J connectivity index is 1.86. The smallest absolute Gasteiger partial charge is 0.251 e. The van der Waals surface area contributed by atoms with Gasteiger partial charge in [0.05, 0.1) is 11.0 Å². The fraction of sp³-hybridized carbons (Fsp3) is 0.429. The summed E-state index contributed by atoms with van der Waals surface area (Å²) >= 11 is 3.06. The van der Waals surface area contributed by atoms with Crippen molar-refractivity contribution in [1.82, 2.24) is 10.2 Å². The van der Waals surface area contributed by atoms with E-state index >= 15 is 0 Å². The molecule has 0 aliphatic carbocycles. The summed E-state index contributed by atoms with van der Waals surface area (Å²) < 4.78 is 13.4. The number of likely N-dealkylation sites (tertiary alicyclic amines) is 1. The lowest BCUT2D eigenvalue weighted by Crippen LogP contribution is -2.46. The molecule has 2 rings (SSSR count). The molecule has 1 aliphatic heterocycles. The molecule has 1 aliphatic rings. The van der Waals surface area contributed by atoms with E-state index in [0.29, 0.717) is 5.56 Å². The van der Waals surface area contributed by atoms with Crippen LogP contribution in [0.4, 0.5) is 4.39 Å². The number of carbonyl (C=O) groups excluding carboxylic acids is 2. The number of hydrogen-bond donors (Lipinski definition) is 2. The van der Waals surface area contributed by atoms with Gasteiger partial charge in [-0.25, -0.2) is 4.39 Å². The maximum atomic E-state index is 13.1. The van der Waals surface area contributed by atoms with Crippen molar-refractivity contribution < 1.29 is 14.0 Å². The van der Waals surface area contributed by atoms with E-state index in [9.17, 15) is 14.0 Å². The van der Waals surface area contributed by atoms with Gasteiger partial charge in [0.25, 0.3) is 5.91 Å². The van der Waals surface area contributed by atoms with Crippen LogP contribution in [0.1, 0.15) is 23.2 Å². The number of halogens is 2. The predicted octanol–water partition coefficient (Wildman–Crippen LogP) is 1.27. The molecular weight excluding hydrogens is 341 g/mol. The zero-order chi connectivity index (χ0) is 15.4. The minimum Gasteiger partial charge on any atom is -0.369 e. The maximum absolute atomic E-state index is 13.1. The number of piperidine rings is 1. The first-order valence-electron chi connectivity index (χ1n) is 6.72. The summed E-state index contributed by atoms with van der Waals surface area (Å²) in [4.78, 5) is 24.9. The first kappa shape index (κ1) is 15.9. The molecule has 1 aromatic carbocycles. The van der Waals surface area contributed by atoms with Crippen LogP contribution >= 0.6 is 15.9 Å². The van der Waals surface area contributed by atoms with Crippen LogP contribution in [0.5, 0.6) is 0 Å². The minimum absolute atomic E-state index is 0.0606.